The Kier molecular flexibility index (Phi) is 7.57. The number of esters is 1. The molecule has 0 fully saturated rings. The quantitative estimate of drug-likeness (QED) is 0.674. The van der Waals surface area contributed by atoms with Crippen molar-refractivity contribution in [1.82, 2.24) is 15.4 Å². The summed E-state index contributed by atoms with van der Waals surface area (Å²) in [4.78, 5) is 37.8. The number of nitrogens with one attached hydrogen (secondary N) is 1. The minimum atomic E-state index is -0.754. The van der Waals surface area contributed by atoms with Crippen molar-refractivity contribution < 1.29 is 23.6 Å². The number of rotatable bonds is 8. The van der Waals surface area contributed by atoms with E-state index < -0.39 is 18.5 Å². The largest absolute Gasteiger partial charge is 0.452 e. The molecule has 1 heterocycles. The highest BCUT2D eigenvalue weighted by Gasteiger charge is 2.25. The molecule has 0 aliphatic heterocycles. The molecule has 8 nitrogen and oxygen atoms in total. The molecule has 2 amide bonds. The van der Waals surface area contributed by atoms with Gasteiger partial charge in [0, 0.05) is 18.7 Å². The Hall–Kier alpha value is -2.87. The molecule has 0 atom stereocenters. The lowest BCUT2D eigenvalue weighted by Gasteiger charge is -2.20. The molecule has 0 spiro atoms. The standard InChI is InChI=1S/C19H22ClN3O5/c1-4-21-15(24)10-23(5-2)16(25)11-27-19(26)17-12(3)28-22-18(17)13-8-6-7-9-14(13)20/h6-9H,4-5,10-11H2,1-3H3,(H,21,24). The van der Waals surface area contributed by atoms with Crippen molar-refractivity contribution in [3.63, 3.8) is 0 Å². The van der Waals surface area contributed by atoms with Crippen molar-refractivity contribution in [2.75, 3.05) is 26.2 Å². The number of likely N-dealkylation sites (N-methyl/N-ethyl adjacent to an activating group) is 2. The zero-order valence-electron chi connectivity index (χ0n) is 16.0. The van der Waals surface area contributed by atoms with Gasteiger partial charge >= 0.3 is 5.97 Å². The van der Waals surface area contributed by atoms with E-state index in [1.165, 1.54) is 4.90 Å². The normalized spacial score (nSPS) is 10.4. The lowest BCUT2D eigenvalue weighted by molar-refractivity contribution is -0.138. The van der Waals surface area contributed by atoms with Crippen LogP contribution >= 0.6 is 11.6 Å². The van der Waals surface area contributed by atoms with Crippen LogP contribution in [0, 0.1) is 6.92 Å². The fraction of sp³-hybridized carbons (Fsp3) is 0.368. The molecule has 0 aliphatic carbocycles. The molecule has 0 radical (unpaired) electrons. The Labute approximate surface area is 167 Å². The molecule has 1 aromatic heterocycles. The fourth-order valence-corrected chi connectivity index (χ4v) is 2.77. The molecule has 2 aromatic rings. The van der Waals surface area contributed by atoms with Gasteiger partial charge in [0.25, 0.3) is 5.91 Å². The number of hydrogen-bond acceptors (Lipinski definition) is 6. The van der Waals surface area contributed by atoms with Gasteiger partial charge in [0.1, 0.15) is 17.0 Å². The summed E-state index contributed by atoms with van der Waals surface area (Å²) in [7, 11) is 0. The monoisotopic (exact) mass is 407 g/mol. The van der Waals surface area contributed by atoms with Crippen LogP contribution in [0.15, 0.2) is 28.8 Å². The Morgan fingerprint density at radius 3 is 2.61 bits per heavy atom. The third kappa shape index (κ3) is 5.10. The van der Waals surface area contributed by atoms with Crippen LogP contribution < -0.4 is 5.32 Å². The first-order valence-corrected chi connectivity index (χ1v) is 9.19. The second-order valence-corrected chi connectivity index (χ2v) is 6.29. The van der Waals surface area contributed by atoms with Gasteiger partial charge < -0.3 is 19.5 Å². The highest BCUT2D eigenvalue weighted by molar-refractivity contribution is 6.33. The Bertz CT molecular complexity index is 865. The maximum Gasteiger partial charge on any atom is 0.344 e. The molecule has 2 rings (SSSR count). The van der Waals surface area contributed by atoms with Crippen molar-refractivity contribution in [2.24, 2.45) is 0 Å². The summed E-state index contributed by atoms with van der Waals surface area (Å²) in [5, 5.41) is 6.92. The summed E-state index contributed by atoms with van der Waals surface area (Å²) < 4.78 is 10.3. The van der Waals surface area contributed by atoms with Crippen LogP contribution in [0.3, 0.4) is 0 Å². The molecule has 0 saturated heterocycles. The van der Waals surface area contributed by atoms with Gasteiger partial charge in [-0.1, -0.05) is 35.0 Å². The Balaban J connectivity index is 2.10. The van der Waals surface area contributed by atoms with Crippen molar-refractivity contribution in [3.05, 3.63) is 40.6 Å². The number of aromatic nitrogens is 1. The van der Waals surface area contributed by atoms with Crippen LogP contribution in [0.2, 0.25) is 5.02 Å². The Morgan fingerprint density at radius 1 is 1.25 bits per heavy atom. The van der Waals surface area contributed by atoms with Crippen molar-refractivity contribution >= 4 is 29.4 Å². The molecule has 1 N–H and O–H groups in total. The van der Waals surface area contributed by atoms with Crippen LogP contribution in [0.1, 0.15) is 30.0 Å². The van der Waals surface area contributed by atoms with Gasteiger partial charge in [0.15, 0.2) is 6.61 Å². The number of amides is 2. The van der Waals surface area contributed by atoms with E-state index in [0.29, 0.717) is 23.7 Å². The van der Waals surface area contributed by atoms with Crippen molar-refractivity contribution in [3.8, 4) is 11.3 Å². The topological polar surface area (TPSA) is 102 Å². The van der Waals surface area contributed by atoms with Gasteiger partial charge in [-0.3, -0.25) is 9.59 Å². The first-order chi connectivity index (χ1) is 13.4. The summed E-state index contributed by atoms with van der Waals surface area (Å²) in [6, 6.07) is 6.88. The highest BCUT2D eigenvalue weighted by Crippen LogP contribution is 2.31. The molecular formula is C19H22ClN3O5. The van der Waals surface area contributed by atoms with Gasteiger partial charge in [-0.2, -0.15) is 0 Å². The zero-order chi connectivity index (χ0) is 20.7. The summed E-state index contributed by atoms with van der Waals surface area (Å²) in [6.45, 7) is 5.27. The lowest BCUT2D eigenvalue weighted by atomic mass is 10.1. The SMILES string of the molecule is CCNC(=O)CN(CC)C(=O)COC(=O)c1c(-c2ccccc2Cl)noc1C. The van der Waals surface area contributed by atoms with E-state index in [9.17, 15) is 14.4 Å². The number of carbonyl (C=O) groups excluding carboxylic acids is 3. The van der Waals surface area contributed by atoms with Gasteiger partial charge in [-0.05, 0) is 26.8 Å². The molecule has 0 bridgehead atoms. The van der Waals surface area contributed by atoms with Crippen LogP contribution in [0.4, 0.5) is 0 Å². The average molecular weight is 408 g/mol. The number of halogens is 1. The third-order valence-electron chi connectivity index (χ3n) is 3.97. The lowest BCUT2D eigenvalue weighted by Crippen LogP contribution is -2.42. The molecule has 0 unspecified atom stereocenters. The van der Waals surface area contributed by atoms with E-state index >= 15 is 0 Å². The molecule has 28 heavy (non-hydrogen) atoms. The minimum absolute atomic E-state index is 0.0993. The van der Waals surface area contributed by atoms with Crippen LogP contribution in [0.25, 0.3) is 11.3 Å². The van der Waals surface area contributed by atoms with E-state index in [0.717, 1.165) is 0 Å². The summed E-state index contributed by atoms with van der Waals surface area (Å²) in [5.41, 5.74) is 0.869. The second-order valence-electron chi connectivity index (χ2n) is 5.88. The minimum Gasteiger partial charge on any atom is -0.452 e. The first-order valence-electron chi connectivity index (χ1n) is 8.81. The van der Waals surface area contributed by atoms with Gasteiger partial charge in [0.2, 0.25) is 5.91 Å². The zero-order valence-corrected chi connectivity index (χ0v) is 16.7. The molecule has 0 saturated carbocycles. The fourth-order valence-electron chi connectivity index (χ4n) is 2.54. The summed E-state index contributed by atoms with van der Waals surface area (Å²) in [5.74, 6) is -1.26. The second kappa shape index (κ2) is 9.89. The van der Waals surface area contributed by atoms with E-state index in [1.54, 1.807) is 45.0 Å². The summed E-state index contributed by atoms with van der Waals surface area (Å²) >= 11 is 6.17. The predicted molar refractivity (Wildman–Crippen MR) is 103 cm³/mol. The summed E-state index contributed by atoms with van der Waals surface area (Å²) in [6.07, 6.45) is 0. The van der Waals surface area contributed by atoms with Crippen LogP contribution in [0.5, 0.6) is 0 Å². The maximum absolute atomic E-state index is 12.6. The predicted octanol–water partition coefficient (Wildman–Crippen LogP) is 2.44. The molecule has 1 aromatic carbocycles. The van der Waals surface area contributed by atoms with Gasteiger partial charge in [0.05, 0.1) is 11.6 Å². The third-order valence-corrected chi connectivity index (χ3v) is 4.29. The number of carbonyl (C=O) groups is 3. The van der Waals surface area contributed by atoms with Gasteiger partial charge in [-0.25, -0.2) is 4.79 Å². The number of benzene rings is 1. The van der Waals surface area contributed by atoms with E-state index in [4.69, 9.17) is 20.9 Å². The number of aryl methyl sites for hydroxylation is 1. The van der Waals surface area contributed by atoms with Crippen LogP contribution in [-0.2, 0) is 14.3 Å². The number of ether oxygens (including phenoxy) is 1. The molecular weight excluding hydrogens is 386 g/mol. The highest BCUT2D eigenvalue weighted by atomic mass is 35.5. The average Bonchev–Trinajstić information content (AvgIpc) is 3.05. The smallest absolute Gasteiger partial charge is 0.344 e. The number of hydrogen-bond donors (Lipinski definition) is 1. The van der Waals surface area contributed by atoms with E-state index in [1.807, 2.05) is 0 Å². The van der Waals surface area contributed by atoms with Crippen LogP contribution in [-0.4, -0.2) is 54.1 Å². The van der Waals surface area contributed by atoms with Crippen molar-refractivity contribution in [1.29, 1.82) is 0 Å². The molecule has 150 valence electrons. The number of nitrogens with zero attached hydrogens (tertiary/aromatic N) is 2. The van der Waals surface area contributed by atoms with Gasteiger partial charge in [-0.15, -0.1) is 0 Å². The molecule has 0 aliphatic rings. The molecule has 9 heteroatoms. The van der Waals surface area contributed by atoms with E-state index in [2.05, 4.69) is 10.5 Å². The van der Waals surface area contributed by atoms with E-state index in [-0.39, 0.29) is 29.5 Å². The first kappa shape index (κ1) is 21.4. The Morgan fingerprint density at radius 2 is 1.96 bits per heavy atom. The van der Waals surface area contributed by atoms with Crippen molar-refractivity contribution in [2.45, 2.75) is 20.8 Å². The maximum atomic E-state index is 12.6.